The molecule has 1 unspecified atom stereocenters. The molecule has 0 aromatic heterocycles. The van der Waals surface area contributed by atoms with Crippen LogP contribution in [0.15, 0.2) is 12.1 Å². The van der Waals surface area contributed by atoms with Crippen molar-refractivity contribution in [2.24, 2.45) is 0 Å². The van der Waals surface area contributed by atoms with Crippen molar-refractivity contribution in [2.75, 3.05) is 35.2 Å². The van der Waals surface area contributed by atoms with Crippen LogP contribution in [0.4, 0.5) is 0 Å². The lowest BCUT2D eigenvalue weighted by Gasteiger charge is -2.18. The van der Waals surface area contributed by atoms with Crippen LogP contribution in [0.25, 0.3) is 11.1 Å². The number of methoxy groups -OCH3 is 4. The van der Waals surface area contributed by atoms with Gasteiger partial charge in [-0.25, -0.2) is 9.59 Å². The molecule has 0 bridgehead atoms. The molecule has 0 amide bonds. The van der Waals surface area contributed by atoms with E-state index in [9.17, 15) is 14.4 Å². The van der Waals surface area contributed by atoms with Crippen molar-refractivity contribution in [2.45, 2.75) is 13.4 Å². The zero-order chi connectivity index (χ0) is 24.6. The maximum Gasteiger partial charge on any atom is 0.409 e. The number of benzene rings is 2. The van der Waals surface area contributed by atoms with Crippen molar-refractivity contribution in [3.8, 4) is 45.6 Å². The van der Waals surface area contributed by atoms with Gasteiger partial charge in [-0.3, -0.25) is 4.79 Å². The summed E-state index contributed by atoms with van der Waals surface area (Å²) in [4.78, 5) is 37.1. The second-order valence-corrected chi connectivity index (χ2v) is 6.84. The van der Waals surface area contributed by atoms with Gasteiger partial charge in [0.05, 0.1) is 39.6 Å². The number of rotatable bonds is 6. The molecule has 2 aliphatic rings. The first-order valence-electron chi connectivity index (χ1n) is 9.77. The third-order valence-electron chi connectivity index (χ3n) is 5.00. The summed E-state index contributed by atoms with van der Waals surface area (Å²) in [6.45, 7) is -0.481. The third-order valence-corrected chi connectivity index (χ3v) is 5.00. The van der Waals surface area contributed by atoms with Crippen molar-refractivity contribution in [1.29, 1.82) is 0 Å². The fourth-order valence-electron chi connectivity index (χ4n) is 3.62. The first-order valence-corrected chi connectivity index (χ1v) is 9.77. The van der Waals surface area contributed by atoms with Gasteiger partial charge < -0.3 is 42.6 Å². The number of ether oxygens (including phenoxy) is 9. The zero-order valence-electron chi connectivity index (χ0n) is 18.8. The van der Waals surface area contributed by atoms with E-state index in [2.05, 4.69) is 0 Å². The van der Waals surface area contributed by atoms with Crippen LogP contribution in [-0.4, -0.2) is 59.6 Å². The van der Waals surface area contributed by atoms with E-state index in [1.807, 2.05) is 0 Å². The highest BCUT2D eigenvalue weighted by atomic mass is 16.9. The molecule has 34 heavy (non-hydrogen) atoms. The first-order chi connectivity index (χ1) is 16.3. The molecular formula is C22H20O12. The molecule has 0 spiro atoms. The van der Waals surface area contributed by atoms with Gasteiger partial charge in [0.25, 0.3) is 0 Å². The molecule has 2 aromatic rings. The largest absolute Gasteiger partial charge is 0.493 e. The van der Waals surface area contributed by atoms with Gasteiger partial charge >= 0.3 is 24.4 Å². The van der Waals surface area contributed by atoms with Gasteiger partial charge in [0.1, 0.15) is 0 Å². The maximum absolute atomic E-state index is 12.8. The number of hydrogen-bond donors (Lipinski definition) is 0. The molecule has 0 saturated carbocycles. The Morgan fingerprint density at radius 3 is 1.79 bits per heavy atom. The Kier molecular flexibility index (Phi) is 5.97. The molecule has 0 aliphatic carbocycles. The molecule has 2 aromatic carbocycles. The minimum Gasteiger partial charge on any atom is -0.493 e. The second-order valence-electron chi connectivity index (χ2n) is 6.84. The van der Waals surface area contributed by atoms with E-state index in [4.69, 9.17) is 42.6 Å². The van der Waals surface area contributed by atoms with Crippen LogP contribution >= 0.6 is 0 Å². The predicted octanol–water partition coefficient (Wildman–Crippen LogP) is 2.29. The molecule has 2 aliphatic heterocycles. The number of hydrogen-bond acceptors (Lipinski definition) is 12. The molecule has 0 radical (unpaired) electrons. The first kappa shape index (κ1) is 22.8. The molecule has 0 N–H and O–H groups in total. The van der Waals surface area contributed by atoms with E-state index < -0.39 is 24.4 Å². The Bertz CT molecular complexity index is 1190. The lowest BCUT2D eigenvalue weighted by atomic mass is 9.92. The highest BCUT2D eigenvalue weighted by Gasteiger charge is 2.40. The van der Waals surface area contributed by atoms with Crippen LogP contribution < -0.4 is 28.4 Å². The van der Waals surface area contributed by atoms with Crippen LogP contribution in [0, 0.1) is 0 Å². The standard InChI is InChI=1S/C22H20O12/c1-9(23)32-22-33-17-13(27-3)7-11(21(25)29-5)15(19(17)34-22)14-10(20(24)28-4)6-12(26-2)16-18(14)31-8-30-16/h6-7,22H,8H2,1-5H3. The van der Waals surface area contributed by atoms with E-state index in [1.54, 1.807) is 0 Å². The Morgan fingerprint density at radius 2 is 1.26 bits per heavy atom. The number of carbonyl (C=O) groups is 3. The molecule has 12 heteroatoms. The topological polar surface area (TPSA) is 134 Å². The maximum atomic E-state index is 12.8. The summed E-state index contributed by atoms with van der Waals surface area (Å²) in [5, 5.41) is 0. The highest BCUT2D eigenvalue weighted by Crippen LogP contribution is 2.57. The van der Waals surface area contributed by atoms with Crippen molar-refractivity contribution in [3.63, 3.8) is 0 Å². The molecule has 12 nitrogen and oxygen atoms in total. The molecule has 180 valence electrons. The van der Waals surface area contributed by atoms with Crippen molar-refractivity contribution < 1.29 is 57.0 Å². The predicted molar refractivity (Wildman–Crippen MR) is 111 cm³/mol. The summed E-state index contributed by atoms with van der Waals surface area (Å²) in [6, 6.07) is 2.72. The minimum absolute atomic E-state index is 0.0238. The molecule has 4 rings (SSSR count). The Balaban J connectivity index is 2.09. The third kappa shape index (κ3) is 3.62. The van der Waals surface area contributed by atoms with Gasteiger partial charge in [-0.05, 0) is 12.1 Å². The molecule has 2 heterocycles. The minimum atomic E-state index is -1.47. The molecule has 1 atom stereocenters. The van der Waals surface area contributed by atoms with Crippen molar-refractivity contribution in [3.05, 3.63) is 23.3 Å². The zero-order valence-corrected chi connectivity index (χ0v) is 18.8. The lowest BCUT2D eigenvalue weighted by molar-refractivity contribution is -0.192. The van der Waals surface area contributed by atoms with E-state index in [1.165, 1.54) is 47.5 Å². The summed E-state index contributed by atoms with van der Waals surface area (Å²) >= 11 is 0. The molecule has 0 saturated heterocycles. The van der Waals surface area contributed by atoms with E-state index in [0.29, 0.717) is 0 Å². The fourth-order valence-corrected chi connectivity index (χ4v) is 3.62. The van der Waals surface area contributed by atoms with Gasteiger partial charge in [-0.15, -0.1) is 0 Å². The van der Waals surface area contributed by atoms with E-state index in [-0.39, 0.29) is 63.5 Å². The van der Waals surface area contributed by atoms with Crippen LogP contribution in [0.1, 0.15) is 27.6 Å². The summed E-state index contributed by atoms with van der Waals surface area (Å²) in [7, 11) is 5.12. The molecule has 0 fully saturated rings. The van der Waals surface area contributed by atoms with Crippen LogP contribution in [0.5, 0.6) is 34.5 Å². The number of esters is 3. The van der Waals surface area contributed by atoms with Crippen LogP contribution in [0.3, 0.4) is 0 Å². The summed E-state index contributed by atoms with van der Waals surface area (Å²) in [5.74, 6) is -1.67. The Morgan fingerprint density at radius 1 is 0.765 bits per heavy atom. The number of carbonyl (C=O) groups excluding carboxylic acids is 3. The quantitative estimate of drug-likeness (QED) is 0.447. The van der Waals surface area contributed by atoms with Crippen molar-refractivity contribution >= 4 is 17.9 Å². The van der Waals surface area contributed by atoms with Crippen LogP contribution in [-0.2, 0) is 19.0 Å². The van der Waals surface area contributed by atoms with E-state index in [0.717, 1.165) is 0 Å². The summed E-state index contributed by atoms with van der Waals surface area (Å²) < 4.78 is 48.1. The SMILES string of the molecule is COC(=O)c1cc(OC)c2c(c1-c1c(C(=O)OC)cc(OC)c3c1OC(OC(C)=O)O3)OCO2. The Hall–Kier alpha value is -4.35. The normalized spacial score (nSPS) is 14.9. The molecular weight excluding hydrogens is 456 g/mol. The van der Waals surface area contributed by atoms with Crippen LogP contribution in [0.2, 0.25) is 0 Å². The van der Waals surface area contributed by atoms with Crippen molar-refractivity contribution in [1.82, 2.24) is 0 Å². The fraction of sp³-hybridized carbons (Fsp3) is 0.318. The average molecular weight is 476 g/mol. The summed E-state index contributed by atoms with van der Waals surface area (Å²) in [5.41, 5.74) is 0.0486. The van der Waals surface area contributed by atoms with Gasteiger partial charge in [0.2, 0.25) is 18.3 Å². The lowest BCUT2D eigenvalue weighted by Crippen LogP contribution is -2.24. The van der Waals surface area contributed by atoms with Gasteiger partial charge in [0, 0.05) is 18.1 Å². The van der Waals surface area contributed by atoms with Gasteiger partial charge in [0.15, 0.2) is 23.0 Å². The highest BCUT2D eigenvalue weighted by molar-refractivity contribution is 6.08. The monoisotopic (exact) mass is 476 g/mol. The number of fused-ring (bicyclic) bond motifs is 2. The second kappa shape index (κ2) is 8.89. The van der Waals surface area contributed by atoms with E-state index >= 15 is 0 Å². The average Bonchev–Trinajstić information content (AvgIpc) is 3.48. The smallest absolute Gasteiger partial charge is 0.409 e. The summed E-state index contributed by atoms with van der Waals surface area (Å²) in [6.07, 6.45) is 0. The van der Waals surface area contributed by atoms with Gasteiger partial charge in [-0.2, -0.15) is 0 Å². The Labute approximate surface area is 193 Å². The van der Waals surface area contributed by atoms with Gasteiger partial charge in [-0.1, -0.05) is 0 Å².